The van der Waals surface area contributed by atoms with E-state index < -0.39 is 37.0 Å². The van der Waals surface area contributed by atoms with Crippen molar-refractivity contribution in [3.8, 4) is 11.5 Å². The number of benzene rings is 1. The molecular weight excluding hydrogens is 268 g/mol. The fourth-order valence-electron chi connectivity index (χ4n) is 2.06. The van der Waals surface area contributed by atoms with Gasteiger partial charge in [-0.25, -0.2) is 0 Å². The van der Waals surface area contributed by atoms with Crippen molar-refractivity contribution in [1.82, 2.24) is 0 Å². The third-order valence-corrected chi connectivity index (χ3v) is 3.10. The van der Waals surface area contributed by atoms with Gasteiger partial charge in [-0.3, -0.25) is 4.79 Å². The van der Waals surface area contributed by atoms with Crippen LogP contribution < -0.4 is 4.74 Å². The van der Waals surface area contributed by atoms with Crippen LogP contribution in [0.1, 0.15) is 17.3 Å². The van der Waals surface area contributed by atoms with Gasteiger partial charge in [-0.15, -0.1) is 0 Å². The molecule has 4 N–H and O–H groups in total. The number of ether oxygens (including phenoxy) is 2. The molecule has 0 amide bonds. The lowest BCUT2D eigenvalue weighted by Gasteiger charge is -2.18. The number of aromatic hydroxyl groups is 1. The highest BCUT2D eigenvalue weighted by molar-refractivity contribution is 5.99. The number of Topliss-reactive ketones (excluding diaryl/α,β-unsaturated/α-hetero) is 1. The van der Waals surface area contributed by atoms with E-state index in [0.717, 1.165) is 0 Å². The van der Waals surface area contributed by atoms with E-state index in [-0.39, 0.29) is 17.1 Å². The zero-order valence-corrected chi connectivity index (χ0v) is 10.8. The Morgan fingerprint density at radius 2 is 2.05 bits per heavy atom. The van der Waals surface area contributed by atoms with Gasteiger partial charge in [0.15, 0.2) is 5.78 Å². The van der Waals surface area contributed by atoms with Gasteiger partial charge in [0.1, 0.15) is 35.4 Å². The van der Waals surface area contributed by atoms with Crippen LogP contribution >= 0.6 is 0 Å². The molecular formula is C13H16O7. The molecule has 20 heavy (non-hydrogen) atoms. The predicted molar refractivity (Wildman–Crippen MR) is 66.5 cm³/mol. The second-order valence-corrected chi connectivity index (χ2v) is 4.53. The molecule has 1 aliphatic rings. The Morgan fingerprint density at radius 3 is 2.60 bits per heavy atom. The summed E-state index contributed by atoms with van der Waals surface area (Å²) < 4.78 is 10.5. The molecule has 0 spiro atoms. The van der Waals surface area contributed by atoms with Crippen molar-refractivity contribution in [2.45, 2.75) is 31.5 Å². The number of rotatable bonds is 4. The highest BCUT2D eigenvalue weighted by Gasteiger charge is 2.44. The largest absolute Gasteiger partial charge is 0.507 e. The number of phenols is 1. The number of phenolic OH excluding ortho intramolecular Hbond substituents is 1. The summed E-state index contributed by atoms with van der Waals surface area (Å²) in [7, 11) is 0. The number of ketones is 1. The van der Waals surface area contributed by atoms with Crippen LogP contribution in [-0.2, 0) is 4.74 Å². The van der Waals surface area contributed by atoms with Crippen molar-refractivity contribution in [3.63, 3.8) is 0 Å². The zero-order chi connectivity index (χ0) is 14.9. The summed E-state index contributed by atoms with van der Waals surface area (Å²) in [6.07, 6.45) is -4.85. The highest BCUT2D eigenvalue weighted by Crippen LogP contribution is 2.31. The summed E-state index contributed by atoms with van der Waals surface area (Å²) in [5.41, 5.74) is -0.0368. The van der Waals surface area contributed by atoms with Crippen molar-refractivity contribution >= 4 is 5.78 Å². The van der Waals surface area contributed by atoms with Crippen molar-refractivity contribution < 1.29 is 34.7 Å². The number of aliphatic hydroxyl groups is 3. The van der Waals surface area contributed by atoms with Crippen LogP contribution in [0.5, 0.6) is 11.5 Å². The van der Waals surface area contributed by atoms with Gasteiger partial charge >= 0.3 is 0 Å². The summed E-state index contributed by atoms with van der Waals surface area (Å²) in [6.45, 7) is 0.789. The summed E-state index contributed by atoms with van der Waals surface area (Å²) in [5.74, 6) is -0.626. The molecule has 1 fully saturated rings. The van der Waals surface area contributed by atoms with E-state index in [1.165, 1.54) is 25.1 Å². The van der Waals surface area contributed by atoms with E-state index in [2.05, 4.69) is 0 Å². The van der Waals surface area contributed by atoms with Gasteiger partial charge in [-0.1, -0.05) is 6.07 Å². The second-order valence-electron chi connectivity index (χ2n) is 4.53. The second kappa shape index (κ2) is 5.76. The fraction of sp³-hybridized carbons (Fsp3) is 0.462. The molecule has 1 heterocycles. The number of carbonyl (C=O) groups excluding carboxylic acids is 1. The molecule has 0 unspecified atom stereocenters. The minimum absolute atomic E-state index is 0.0346. The van der Waals surface area contributed by atoms with Crippen LogP contribution in [0.4, 0.5) is 0 Å². The zero-order valence-electron chi connectivity index (χ0n) is 10.8. The SMILES string of the molecule is CC(=O)c1c(O)cccc1O[C@@H]1O[C@H](CO)[C@@H](O)[C@H]1O. The van der Waals surface area contributed by atoms with Gasteiger partial charge in [0.2, 0.25) is 6.29 Å². The first-order chi connectivity index (χ1) is 9.45. The topological polar surface area (TPSA) is 116 Å². The molecule has 1 aromatic carbocycles. The fourth-order valence-corrected chi connectivity index (χ4v) is 2.06. The Bertz CT molecular complexity index is 501. The lowest BCUT2D eigenvalue weighted by atomic mass is 10.1. The summed E-state index contributed by atoms with van der Waals surface area (Å²) >= 11 is 0. The van der Waals surface area contributed by atoms with Gasteiger partial charge in [-0.2, -0.15) is 0 Å². The van der Waals surface area contributed by atoms with Crippen LogP contribution in [-0.4, -0.2) is 57.4 Å². The maximum absolute atomic E-state index is 11.5. The van der Waals surface area contributed by atoms with Gasteiger partial charge in [0, 0.05) is 0 Å². The molecule has 2 rings (SSSR count). The molecule has 7 heteroatoms. The molecule has 0 saturated carbocycles. The monoisotopic (exact) mass is 284 g/mol. The highest BCUT2D eigenvalue weighted by atomic mass is 16.7. The predicted octanol–water partition coefficient (Wildman–Crippen LogP) is -0.587. The van der Waals surface area contributed by atoms with E-state index >= 15 is 0 Å². The van der Waals surface area contributed by atoms with Crippen molar-refractivity contribution in [2.24, 2.45) is 0 Å². The smallest absolute Gasteiger partial charge is 0.229 e. The van der Waals surface area contributed by atoms with Crippen LogP contribution in [0.15, 0.2) is 18.2 Å². The number of hydrogen-bond acceptors (Lipinski definition) is 7. The third kappa shape index (κ3) is 2.61. The van der Waals surface area contributed by atoms with Crippen LogP contribution in [0.3, 0.4) is 0 Å². The van der Waals surface area contributed by atoms with Crippen molar-refractivity contribution in [2.75, 3.05) is 6.61 Å². The molecule has 1 aliphatic heterocycles. The molecule has 0 bridgehead atoms. The Labute approximate surface area is 115 Å². The maximum Gasteiger partial charge on any atom is 0.229 e. The van der Waals surface area contributed by atoms with E-state index in [0.29, 0.717) is 0 Å². The van der Waals surface area contributed by atoms with Gasteiger partial charge in [0.25, 0.3) is 0 Å². The van der Waals surface area contributed by atoms with Gasteiger partial charge < -0.3 is 29.9 Å². The van der Waals surface area contributed by atoms with Gasteiger partial charge in [0.05, 0.1) is 6.61 Å². The van der Waals surface area contributed by atoms with Crippen LogP contribution in [0.25, 0.3) is 0 Å². The maximum atomic E-state index is 11.5. The van der Waals surface area contributed by atoms with E-state index in [1.807, 2.05) is 0 Å². The molecule has 7 nitrogen and oxygen atoms in total. The first kappa shape index (κ1) is 14.7. The Hall–Kier alpha value is -1.67. The quantitative estimate of drug-likeness (QED) is 0.546. The summed E-state index contributed by atoms with van der Waals surface area (Å²) in [6, 6.07) is 4.24. The van der Waals surface area contributed by atoms with E-state index in [4.69, 9.17) is 14.6 Å². The van der Waals surface area contributed by atoms with E-state index in [1.54, 1.807) is 0 Å². The molecule has 110 valence electrons. The Morgan fingerprint density at radius 1 is 1.35 bits per heavy atom. The molecule has 0 aliphatic carbocycles. The Kier molecular flexibility index (Phi) is 4.24. The number of aliphatic hydroxyl groups excluding tert-OH is 3. The Balaban J connectivity index is 2.23. The standard InChI is InChI=1S/C13H16O7/c1-6(15)10-7(16)3-2-4-8(10)19-13-12(18)11(17)9(5-14)20-13/h2-4,9,11-14,16-18H,5H2,1H3/t9-,11-,12-,13-/m1/s1. The first-order valence-electron chi connectivity index (χ1n) is 6.07. The van der Waals surface area contributed by atoms with E-state index in [9.17, 15) is 20.1 Å². The molecule has 4 atom stereocenters. The lowest BCUT2D eigenvalue weighted by molar-refractivity contribution is -0.116. The first-order valence-corrected chi connectivity index (χ1v) is 6.07. The van der Waals surface area contributed by atoms with Crippen LogP contribution in [0.2, 0.25) is 0 Å². The molecule has 0 radical (unpaired) electrons. The van der Waals surface area contributed by atoms with Crippen molar-refractivity contribution in [3.05, 3.63) is 23.8 Å². The van der Waals surface area contributed by atoms with Crippen LogP contribution in [0, 0.1) is 0 Å². The number of carbonyl (C=O) groups is 1. The number of hydrogen-bond donors (Lipinski definition) is 4. The average molecular weight is 284 g/mol. The third-order valence-electron chi connectivity index (χ3n) is 3.10. The summed E-state index contributed by atoms with van der Waals surface area (Å²) in [5, 5.41) is 38.0. The minimum Gasteiger partial charge on any atom is -0.507 e. The average Bonchev–Trinajstić information content (AvgIpc) is 2.66. The molecule has 1 aromatic rings. The molecule has 1 saturated heterocycles. The van der Waals surface area contributed by atoms with Crippen molar-refractivity contribution in [1.29, 1.82) is 0 Å². The summed E-state index contributed by atoms with van der Waals surface area (Å²) in [4.78, 5) is 11.5. The normalized spacial score (nSPS) is 29.4. The minimum atomic E-state index is -1.37. The lowest BCUT2D eigenvalue weighted by Crippen LogP contribution is -2.35. The van der Waals surface area contributed by atoms with Gasteiger partial charge in [-0.05, 0) is 19.1 Å². The molecule has 0 aromatic heterocycles.